The molecule has 1 heterocycles. The van der Waals surface area contributed by atoms with Gasteiger partial charge in [-0.15, -0.1) is 11.8 Å². The van der Waals surface area contributed by atoms with Crippen molar-refractivity contribution in [3.05, 3.63) is 58.0 Å². The van der Waals surface area contributed by atoms with Crippen LogP contribution in [-0.4, -0.2) is 10.8 Å². The average molecular weight is 293 g/mol. The summed E-state index contributed by atoms with van der Waals surface area (Å²) in [5.74, 6) is 5.78. The molecule has 0 radical (unpaired) electrons. The van der Waals surface area contributed by atoms with Crippen LogP contribution in [0.3, 0.4) is 0 Å². The van der Waals surface area contributed by atoms with Crippen LogP contribution in [0.1, 0.15) is 16.3 Å². The number of nitro groups is 1. The Labute approximate surface area is 118 Å². The van der Waals surface area contributed by atoms with Gasteiger partial charge in [0.2, 0.25) is 0 Å². The standard InChI is InChI=1S/C12H11N3O4S/c13-14-12(16)11-6-3-9(19-11)7-20-10-4-1-8(2-5-10)15(17)18/h1-6H,7,13H2,(H,14,16). The number of carbonyl (C=O) groups is 1. The number of furan rings is 1. The third kappa shape index (κ3) is 3.37. The molecule has 0 bridgehead atoms. The minimum absolute atomic E-state index is 0.0502. The number of benzene rings is 1. The number of hydrogen-bond donors (Lipinski definition) is 2. The minimum atomic E-state index is -0.489. The van der Waals surface area contributed by atoms with Crippen molar-refractivity contribution in [2.45, 2.75) is 10.6 Å². The molecule has 0 atom stereocenters. The molecule has 0 aliphatic heterocycles. The molecule has 0 saturated carbocycles. The quantitative estimate of drug-likeness (QED) is 0.287. The normalized spacial score (nSPS) is 10.2. The summed E-state index contributed by atoms with van der Waals surface area (Å²) in [7, 11) is 0. The zero-order chi connectivity index (χ0) is 14.5. The smallest absolute Gasteiger partial charge is 0.300 e. The van der Waals surface area contributed by atoms with Crippen molar-refractivity contribution in [2.24, 2.45) is 5.84 Å². The van der Waals surface area contributed by atoms with Crippen molar-refractivity contribution in [1.82, 2.24) is 5.43 Å². The molecule has 2 aromatic rings. The van der Waals surface area contributed by atoms with E-state index in [9.17, 15) is 14.9 Å². The molecule has 0 unspecified atom stereocenters. The maximum Gasteiger partial charge on any atom is 0.300 e. The highest BCUT2D eigenvalue weighted by atomic mass is 32.2. The molecule has 0 saturated heterocycles. The summed E-state index contributed by atoms with van der Waals surface area (Å²) >= 11 is 1.45. The van der Waals surface area contributed by atoms with E-state index in [-0.39, 0.29) is 11.4 Å². The van der Waals surface area contributed by atoms with Crippen molar-refractivity contribution in [2.75, 3.05) is 0 Å². The van der Waals surface area contributed by atoms with E-state index >= 15 is 0 Å². The lowest BCUT2D eigenvalue weighted by atomic mass is 10.3. The predicted octanol–water partition coefficient (Wildman–Crippen LogP) is 2.08. The number of nitrogen functional groups attached to an aromatic ring is 1. The molecule has 2 rings (SSSR count). The lowest BCUT2D eigenvalue weighted by Gasteiger charge is -1.99. The summed E-state index contributed by atoms with van der Waals surface area (Å²) in [5, 5.41) is 10.5. The number of hydrazine groups is 1. The minimum Gasteiger partial charge on any atom is -0.455 e. The molecule has 1 amide bonds. The number of nitrogens with two attached hydrogens (primary N) is 1. The van der Waals surface area contributed by atoms with E-state index in [1.165, 1.54) is 30.0 Å². The Balaban J connectivity index is 1.96. The second-order valence-corrected chi connectivity index (χ2v) is 4.83. The van der Waals surface area contributed by atoms with Gasteiger partial charge in [-0.05, 0) is 24.3 Å². The van der Waals surface area contributed by atoms with Gasteiger partial charge in [-0.25, -0.2) is 5.84 Å². The second kappa shape index (κ2) is 6.22. The van der Waals surface area contributed by atoms with Crippen LogP contribution in [0.2, 0.25) is 0 Å². The maximum absolute atomic E-state index is 11.2. The second-order valence-electron chi connectivity index (χ2n) is 3.78. The summed E-state index contributed by atoms with van der Waals surface area (Å²) in [5.41, 5.74) is 2.03. The van der Waals surface area contributed by atoms with E-state index in [1.54, 1.807) is 18.2 Å². The van der Waals surface area contributed by atoms with Gasteiger partial charge in [-0.3, -0.25) is 20.3 Å². The van der Waals surface area contributed by atoms with Crippen LogP contribution in [0.4, 0.5) is 5.69 Å². The van der Waals surface area contributed by atoms with E-state index in [1.807, 2.05) is 5.43 Å². The fourth-order valence-electron chi connectivity index (χ4n) is 1.47. The van der Waals surface area contributed by atoms with Crippen molar-refractivity contribution < 1.29 is 14.1 Å². The molecule has 0 fully saturated rings. The fourth-order valence-corrected chi connectivity index (χ4v) is 2.26. The highest BCUT2D eigenvalue weighted by molar-refractivity contribution is 7.98. The van der Waals surface area contributed by atoms with Crippen LogP contribution in [0.5, 0.6) is 0 Å². The Morgan fingerprint density at radius 3 is 2.60 bits per heavy atom. The molecule has 7 nitrogen and oxygen atoms in total. The Hall–Kier alpha value is -2.32. The molecule has 8 heteroatoms. The van der Waals surface area contributed by atoms with Crippen molar-refractivity contribution in [1.29, 1.82) is 0 Å². The molecule has 20 heavy (non-hydrogen) atoms. The predicted molar refractivity (Wildman–Crippen MR) is 73.0 cm³/mol. The number of carbonyl (C=O) groups excluding carboxylic acids is 1. The van der Waals surface area contributed by atoms with Gasteiger partial charge in [0.15, 0.2) is 5.76 Å². The molecule has 0 spiro atoms. The number of amides is 1. The average Bonchev–Trinajstić information content (AvgIpc) is 2.93. The number of non-ortho nitro benzene ring substituents is 1. The van der Waals surface area contributed by atoms with E-state index in [0.717, 1.165) is 4.90 Å². The summed E-state index contributed by atoms with van der Waals surface area (Å²) in [6.45, 7) is 0. The number of rotatable bonds is 5. The lowest BCUT2D eigenvalue weighted by molar-refractivity contribution is -0.384. The third-order valence-electron chi connectivity index (χ3n) is 2.45. The van der Waals surface area contributed by atoms with E-state index in [0.29, 0.717) is 11.5 Å². The first-order chi connectivity index (χ1) is 9.60. The van der Waals surface area contributed by atoms with Crippen molar-refractivity contribution in [3.63, 3.8) is 0 Å². The number of nitrogens with one attached hydrogen (secondary N) is 1. The van der Waals surface area contributed by atoms with Crippen LogP contribution in [0.25, 0.3) is 0 Å². The maximum atomic E-state index is 11.2. The van der Waals surface area contributed by atoms with Gasteiger partial charge in [-0.2, -0.15) is 0 Å². The first kappa shape index (κ1) is 14.1. The Bertz CT molecular complexity index is 624. The Morgan fingerprint density at radius 2 is 2.00 bits per heavy atom. The third-order valence-corrected chi connectivity index (χ3v) is 3.48. The molecule has 0 aliphatic rings. The largest absolute Gasteiger partial charge is 0.455 e. The van der Waals surface area contributed by atoms with Gasteiger partial charge >= 0.3 is 5.91 Å². The SMILES string of the molecule is NNC(=O)c1ccc(CSc2ccc([N+](=O)[O-])cc2)o1. The molecule has 104 valence electrons. The molecule has 1 aromatic heterocycles. The van der Waals surface area contributed by atoms with Crippen LogP contribution in [0, 0.1) is 10.1 Å². The summed E-state index contributed by atoms with van der Waals surface area (Å²) in [6, 6.07) is 9.44. The highest BCUT2D eigenvalue weighted by Crippen LogP contribution is 2.25. The summed E-state index contributed by atoms with van der Waals surface area (Å²) < 4.78 is 5.30. The van der Waals surface area contributed by atoms with E-state index < -0.39 is 10.8 Å². The molecule has 1 aromatic carbocycles. The van der Waals surface area contributed by atoms with Crippen molar-refractivity contribution in [3.8, 4) is 0 Å². The van der Waals surface area contributed by atoms with Crippen LogP contribution in [-0.2, 0) is 5.75 Å². The van der Waals surface area contributed by atoms with Gasteiger partial charge in [0.25, 0.3) is 5.69 Å². The zero-order valence-electron chi connectivity index (χ0n) is 10.2. The number of thioether (sulfide) groups is 1. The molecule has 0 aliphatic carbocycles. The highest BCUT2D eigenvalue weighted by Gasteiger charge is 2.10. The first-order valence-corrected chi connectivity index (χ1v) is 6.55. The van der Waals surface area contributed by atoms with E-state index in [2.05, 4.69) is 0 Å². The van der Waals surface area contributed by atoms with Crippen LogP contribution >= 0.6 is 11.8 Å². The van der Waals surface area contributed by atoms with Gasteiger partial charge in [0, 0.05) is 17.0 Å². The van der Waals surface area contributed by atoms with E-state index in [4.69, 9.17) is 10.3 Å². The van der Waals surface area contributed by atoms with Gasteiger partial charge in [-0.1, -0.05) is 0 Å². The van der Waals surface area contributed by atoms with Gasteiger partial charge in [0.1, 0.15) is 5.76 Å². The van der Waals surface area contributed by atoms with Crippen LogP contribution < -0.4 is 11.3 Å². The monoisotopic (exact) mass is 293 g/mol. The Kier molecular flexibility index (Phi) is 4.38. The summed E-state index contributed by atoms with van der Waals surface area (Å²) in [6.07, 6.45) is 0. The lowest BCUT2D eigenvalue weighted by Crippen LogP contribution is -2.29. The summed E-state index contributed by atoms with van der Waals surface area (Å²) in [4.78, 5) is 22.2. The van der Waals surface area contributed by atoms with Gasteiger partial charge < -0.3 is 4.42 Å². The molecule has 3 N–H and O–H groups in total. The zero-order valence-corrected chi connectivity index (χ0v) is 11.1. The topological polar surface area (TPSA) is 111 Å². The number of hydrogen-bond acceptors (Lipinski definition) is 6. The molecular weight excluding hydrogens is 282 g/mol. The fraction of sp³-hybridized carbons (Fsp3) is 0.0833. The van der Waals surface area contributed by atoms with Crippen molar-refractivity contribution >= 4 is 23.4 Å². The first-order valence-electron chi connectivity index (χ1n) is 5.57. The molecular formula is C12H11N3O4S. The van der Waals surface area contributed by atoms with Crippen LogP contribution in [0.15, 0.2) is 45.7 Å². The van der Waals surface area contributed by atoms with Gasteiger partial charge in [0.05, 0.1) is 10.7 Å². The Morgan fingerprint density at radius 1 is 1.30 bits per heavy atom. The number of nitrogens with zero attached hydrogens (tertiary/aromatic N) is 1. The number of nitro benzene ring substituents is 1.